The molecule has 0 spiro atoms. The Balaban J connectivity index is 1.70. The van der Waals surface area contributed by atoms with Crippen molar-refractivity contribution >= 4 is 40.6 Å². The zero-order valence-electron chi connectivity index (χ0n) is 19.0. The number of aromatic amines is 1. The molecule has 1 aliphatic rings. The van der Waals surface area contributed by atoms with Gasteiger partial charge in [-0.3, -0.25) is 19.2 Å². The number of nitrogens with zero attached hydrogens (tertiary/aromatic N) is 1. The summed E-state index contributed by atoms with van der Waals surface area (Å²) in [6.45, 7) is -0.131. The van der Waals surface area contributed by atoms with Crippen LogP contribution in [-0.4, -0.2) is 81.0 Å². The number of benzene rings is 1. The Hall–Kier alpha value is -3.93. The van der Waals surface area contributed by atoms with E-state index in [0.717, 1.165) is 16.5 Å². The Morgan fingerprint density at radius 2 is 1.89 bits per heavy atom. The van der Waals surface area contributed by atoms with Gasteiger partial charge in [0.05, 0.1) is 12.6 Å². The molecule has 3 unspecified atom stereocenters. The minimum Gasteiger partial charge on any atom is -0.481 e. The van der Waals surface area contributed by atoms with Gasteiger partial charge in [-0.25, -0.2) is 4.79 Å². The number of carbonyl (C=O) groups excluding carboxylic acids is 3. The average Bonchev–Trinajstić information content (AvgIpc) is 3.48. The van der Waals surface area contributed by atoms with Gasteiger partial charge in [0.25, 0.3) is 0 Å². The number of aliphatic carboxylic acids is 2. The number of para-hydroxylation sites is 1. The fraction of sp³-hybridized carbons (Fsp3) is 0.435. The number of H-pyrrole nitrogens is 1. The van der Waals surface area contributed by atoms with Gasteiger partial charge in [0.2, 0.25) is 17.7 Å². The second-order valence-corrected chi connectivity index (χ2v) is 8.46. The van der Waals surface area contributed by atoms with Crippen LogP contribution >= 0.6 is 0 Å². The predicted octanol–water partition coefficient (Wildman–Crippen LogP) is -0.421. The standard InChI is InChI=1S/C23H29N5O7/c24-15(7-8-20(30)31)21(32)27-17(10-13-11-25-16-5-2-1-4-14(13)16)22(33)26-12-19(29)28-9-3-6-18(28)23(34)35/h1-2,4-5,11,15,17-18,25H,3,6-10,12,24H2,(H,26,33)(H,27,32)(H,30,31)(H,34,35). The van der Waals surface area contributed by atoms with Crippen LogP contribution in [0.4, 0.5) is 0 Å². The van der Waals surface area contributed by atoms with Crippen molar-refractivity contribution in [1.29, 1.82) is 0 Å². The second kappa shape index (κ2) is 11.5. The van der Waals surface area contributed by atoms with Crippen molar-refractivity contribution in [2.45, 2.75) is 50.2 Å². The van der Waals surface area contributed by atoms with E-state index in [9.17, 15) is 29.1 Å². The number of nitrogens with one attached hydrogen (secondary N) is 3. The van der Waals surface area contributed by atoms with Crippen LogP contribution in [0.2, 0.25) is 0 Å². The quantitative estimate of drug-likeness (QED) is 0.246. The smallest absolute Gasteiger partial charge is 0.326 e. The summed E-state index contributed by atoms with van der Waals surface area (Å²) in [6.07, 6.45) is 2.30. The summed E-state index contributed by atoms with van der Waals surface area (Å²) in [6, 6.07) is 4.26. The van der Waals surface area contributed by atoms with Gasteiger partial charge in [-0.15, -0.1) is 0 Å². The van der Waals surface area contributed by atoms with Crippen molar-refractivity contribution in [3.8, 4) is 0 Å². The number of hydrogen-bond donors (Lipinski definition) is 6. The molecule has 1 saturated heterocycles. The van der Waals surface area contributed by atoms with Gasteiger partial charge in [0.1, 0.15) is 12.1 Å². The van der Waals surface area contributed by atoms with Gasteiger partial charge in [-0.2, -0.15) is 0 Å². The third-order valence-corrected chi connectivity index (χ3v) is 6.01. The van der Waals surface area contributed by atoms with Gasteiger partial charge in [-0.1, -0.05) is 18.2 Å². The molecule has 0 bridgehead atoms. The number of amides is 3. The number of hydrogen-bond acceptors (Lipinski definition) is 6. The highest BCUT2D eigenvalue weighted by Gasteiger charge is 2.34. The monoisotopic (exact) mass is 487 g/mol. The van der Waals surface area contributed by atoms with Gasteiger partial charge in [0, 0.05) is 36.5 Å². The van der Waals surface area contributed by atoms with Crippen molar-refractivity contribution in [3.63, 3.8) is 0 Å². The molecule has 12 heteroatoms. The molecule has 12 nitrogen and oxygen atoms in total. The van der Waals surface area contributed by atoms with Gasteiger partial charge < -0.3 is 36.5 Å². The molecule has 3 atom stereocenters. The summed E-state index contributed by atoms with van der Waals surface area (Å²) in [5.74, 6) is -4.06. The summed E-state index contributed by atoms with van der Waals surface area (Å²) < 4.78 is 0. The van der Waals surface area contributed by atoms with Crippen LogP contribution in [-0.2, 0) is 30.4 Å². The number of carboxylic acids is 2. The zero-order chi connectivity index (χ0) is 25.5. The number of aromatic nitrogens is 1. The molecule has 0 aliphatic carbocycles. The van der Waals surface area contributed by atoms with E-state index in [2.05, 4.69) is 15.6 Å². The van der Waals surface area contributed by atoms with Crippen molar-refractivity contribution in [3.05, 3.63) is 36.0 Å². The maximum Gasteiger partial charge on any atom is 0.326 e. The molecular weight excluding hydrogens is 458 g/mol. The first-order valence-corrected chi connectivity index (χ1v) is 11.3. The SMILES string of the molecule is NC(CCC(=O)O)C(=O)NC(Cc1c[nH]c2ccccc12)C(=O)NCC(=O)N1CCCC1C(=O)O. The number of nitrogens with two attached hydrogens (primary N) is 1. The molecule has 3 amide bonds. The molecule has 1 aromatic carbocycles. The first kappa shape index (κ1) is 25.7. The fourth-order valence-electron chi connectivity index (χ4n) is 4.13. The fourth-order valence-corrected chi connectivity index (χ4v) is 4.13. The highest BCUT2D eigenvalue weighted by Crippen LogP contribution is 2.20. The van der Waals surface area contributed by atoms with Gasteiger partial charge in [-0.05, 0) is 30.9 Å². The van der Waals surface area contributed by atoms with E-state index in [0.29, 0.717) is 19.4 Å². The Morgan fingerprint density at radius 3 is 2.60 bits per heavy atom. The molecule has 188 valence electrons. The largest absolute Gasteiger partial charge is 0.481 e. The predicted molar refractivity (Wildman–Crippen MR) is 124 cm³/mol. The Labute approximate surface area is 200 Å². The number of rotatable bonds is 11. The number of fused-ring (bicyclic) bond motifs is 1. The van der Waals surface area contributed by atoms with Crippen LogP contribution in [0.25, 0.3) is 10.9 Å². The summed E-state index contributed by atoms with van der Waals surface area (Å²) >= 11 is 0. The van der Waals surface area contributed by atoms with Crippen molar-refractivity contribution in [1.82, 2.24) is 20.5 Å². The molecule has 7 N–H and O–H groups in total. The zero-order valence-corrected chi connectivity index (χ0v) is 19.0. The minimum atomic E-state index is -1.13. The van der Waals surface area contributed by atoms with Crippen LogP contribution in [0.1, 0.15) is 31.2 Å². The van der Waals surface area contributed by atoms with Crippen molar-refractivity contribution < 1.29 is 34.2 Å². The van der Waals surface area contributed by atoms with E-state index >= 15 is 0 Å². The Morgan fingerprint density at radius 1 is 1.14 bits per heavy atom. The summed E-state index contributed by atoms with van der Waals surface area (Å²) in [4.78, 5) is 64.6. The average molecular weight is 488 g/mol. The molecule has 1 fully saturated rings. The Kier molecular flexibility index (Phi) is 8.42. The maximum atomic E-state index is 13.0. The lowest BCUT2D eigenvalue weighted by atomic mass is 10.0. The maximum absolute atomic E-state index is 13.0. The molecule has 1 aliphatic heterocycles. The summed E-state index contributed by atoms with van der Waals surface area (Å²) in [5.41, 5.74) is 7.39. The molecule has 1 aromatic heterocycles. The van der Waals surface area contributed by atoms with E-state index in [1.807, 2.05) is 24.3 Å². The first-order chi connectivity index (χ1) is 16.7. The molecule has 35 heavy (non-hydrogen) atoms. The second-order valence-electron chi connectivity index (χ2n) is 8.46. The topological polar surface area (TPSA) is 195 Å². The van der Waals surface area contributed by atoms with Crippen LogP contribution < -0.4 is 16.4 Å². The van der Waals surface area contributed by atoms with Crippen LogP contribution in [0.15, 0.2) is 30.5 Å². The summed E-state index contributed by atoms with van der Waals surface area (Å²) in [7, 11) is 0. The van der Waals surface area contributed by atoms with Crippen LogP contribution in [0, 0.1) is 0 Å². The highest BCUT2D eigenvalue weighted by molar-refractivity contribution is 5.93. The number of likely N-dealkylation sites (tertiary alicyclic amines) is 1. The van der Waals surface area contributed by atoms with Crippen molar-refractivity contribution in [2.75, 3.05) is 13.1 Å². The first-order valence-electron chi connectivity index (χ1n) is 11.3. The number of carboxylic acid groups (broad SMARTS) is 2. The van der Waals surface area contributed by atoms with Gasteiger partial charge >= 0.3 is 11.9 Å². The summed E-state index contributed by atoms with van der Waals surface area (Å²) in [5, 5.41) is 24.0. The van der Waals surface area contributed by atoms with E-state index in [1.165, 1.54) is 4.90 Å². The normalized spacial score (nSPS) is 17.1. The lowest BCUT2D eigenvalue weighted by molar-refractivity contribution is -0.148. The minimum absolute atomic E-state index is 0.0862. The molecular formula is C23H29N5O7. The molecule has 0 saturated carbocycles. The number of carbonyl (C=O) groups is 5. The van der Waals surface area contributed by atoms with Gasteiger partial charge in [0.15, 0.2) is 0 Å². The lowest BCUT2D eigenvalue weighted by Gasteiger charge is -2.23. The third-order valence-electron chi connectivity index (χ3n) is 6.01. The van der Waals surface area contributed by atoms with E-state index in [4.69, 9.17) is 10.8 Å². The van der Waals surface area contributed by atoms with Crippen LogP contribution in [0.3, 0.4) is 0 Å². The van der Waals surface area contributed by atoms with E-state index in [-0.39, 0.29) is 19.3 Å². The Bertz CT molecular complexity index is 1110. The molecule has 2 aromatic rings. The van der Waals surface area contributed by atoms with Crippen LogP contribution in [0.5, 0.6) is 0 Å². The highest BCUT2D eigenvalue weighted by atomic mass is 16.4. The third kappa shape index (κ3) is 6.57. The van der Waals surface area contributed by atoms with E-state index in [1.54, 1.807) is 6.20 Å². The molecule has 3 rings (SSSR count). The van der Waals surface area contributed by atoms with Crippen molar-refractivity contribution in [2.24, 2.45) is 5.73 Å². The molecule has 0 radical (unpaired) electrons. The molecule has 2 heterocycles. The van der Waals surface area contributed by atoms with E-state index < -0.39 is 54.3 Å². The lowest BCUT2D eigenvalue weighted by Crippen LogP contribution is -2.54.